The minimum atomic E-state index is -3.69. The van der Waals surface area contributed by atoms with Crippen LogP contribution in [0.4, 0.5) is 5.69 Å². The molecule has 1 rings (SSSR count). The van der Waals surface area contributed by atoms with Crippen molar-refractivity contribution in [3.8, 4) is 5.75 Å². The van der Waals surface area contributed by atoms with Crippen molar-refractivity contribution in [3.63, 3.8) is 0 Å². The fourth-order valence-corrected chi connectivity index (χ4v) is 2.31. The molecular formula is C11H15NO5S. The lowest BCUT2D eigenvalue weighted by Gasteiger charge is -2.09. The highest BCUT2D eigenvalue weighted by atomic mass is 32.2. The summed E-state index contributed by atoms with van der Waals surface area (Å²) in [7, 11) is -2.50. The van der Waals surface area contributed by atoms with Crippen molar-refractivity contribution in [1.29, 1.82) is 0 Å². The third-order valence-electron chi connectivity index (χ3n) is 2.22. The fourth-order valence-electron chi connectivity index (χ4n) is 1.27. The molecule has 1 aromatic rings. The Morgan fingerprint density at radius 1 is 1.44 bits per heavy atom. The summed E-state index contributed by atoms with van der Waals surface area (Å²) in [5.41, 5.74) is 0.899. The summed E-state index contributed by atoms with van der Waals surface area (Å²) in [5.74, 6) is -1.15. The molecule has 7 heteroatoms. The van der Waals surface area contributed by atoms with E-state index < -0.39 is 21.7 Å². The molecule has 1 aromatic carbocycles. The van der Waals surface area contributed by atoms with Crippen LogP contribution in [0.15, 0.2) is 18.2 Å². The molecular weight excluding hydrogens is 258 g/mol. The molecule has 2 N–H and O–H groups in total. The smallest absolute Gasteiger partial charge is 0.306 e. The van der Waals surface area contributed by atoms with E-state index in [1.807, 2.05) is 0 Å². The van der Waals surface area contributed by atoms with Gasteiger partial charge in [0.2, 0.25) is 10.0 Å². The highest BCUT2D eigenvalue weighted by Gasteiger charge is 2.15. The Labute approximate surface area is 106 Å². The second kappa shape index (κ2) is 5.72. The zero-order valence-electron chi connectivity index (χ0n) is 10.1. The summed E-state index contributed by atoms with van der Waals surface area (Å²) in [6.45, 7) is 1.77. The Morgan fingerprint density at radius 3 is 2.67 bits per heavy atom. The predicted octanol–water partition coefficient (Wildman–Crippen LogP) is 1.01. The van der Waals surface area contributed by atoms with Gasteiger partial charge in [-0.1, -0.05) is 6.07 Å². The van der Waals surface area contributed by atoms with Crippen LogP contribution in [0.3, 0.4) is 0 Å². The van der Waals surface area contributed by atoms with E-state index >= 15 is 0 Å². The van der Waals surface area contributed by atoms with Crippen LogP contribution < -0.4 is 4.72 Å². The number of nitrogens with one attached hydrogen (secondary N) is 1. The monoisotopic (exact) mass is 273 g/mol. The molecule has 0 saturated carbocycles. The van der Waals surface area contributed by atoms with Gasteiger partial charge in [0.05, 0.1) is 25.0 Å². The van der Waals surface area contributed by atoms with Crippen molar-refractivity contribution in [2.24, 2.45) is 0 Å². The van der Waals surface area contributed by atoms with Crippen LogP contribution in [0.5, 0.6) is 5.75 Å². The topological polar surface area (TPSA) is 92.7 Å². The molecule has 0 aromatic heterocycles. The molecule has 0 heterocycles. The van der Waals surface area contributed by atoms with Crippen LogP contribution in [0.2, 0.25) is 0 Å². The summed E-state index contributed by atoms with van der Waals surface area (Å²) in [5, 5.41) is 9.56. The number of carbonyl (C=O) groups excluding carboxylic acids is 1. The molecule has 6 nitrogen and oxygen atoms in total. The number of hydrogen-bond donors (Lipinski definition) is 2. The van der Waals surface area contributed by atoms with E-state index in [4.69, 9.17) is 0 Å². The molecule has 0 amide bonds. The van der Waals surface area contributed by atoms with E-state index in [9.17, 15) is 18.3 Å². The number of benzene rings is 1. The Balaban J connectivity index is 2.73. The third-order valence-corrected chi connectivity index (χ3v) is 3.49. The van der Waals surface area contributed by atoms with E-state index in [0.29, 0.717) is 0 Å². The zero-order valence-corrected chi connectivity index (χ0v) is 11.0. The van der Waals surface area contributed by atoms with Crippen molar-refractivity contribution in [3.05, 3.63) is 23.8 Å². The first-order chi connectivity index (χ1) is 8.34. The van der Waals surface area contributed by atoms with Crippen molar-refractivity contribution < 1.29 is 23.1 Å². The van der Waals surface area contributed by atoms with Crippen LogP contribution in [0.25, 0.3) is 0 Å². The highest BCUT2D eigenvalue weighted by Crippen LogP contribution is 2.24. The summed E-state index contributed by atoms with van der Waals surface area (Å²) >= 11 is 0. The standard InChI is InChI=1S/C11H15NO5S/c1-8-3-4-9(10(13)7-8)12-18(15,16)6-5-11(14)17-2/h3-4,7,12-13H,5-6H2,1-2H3. The first kappa shape index (κ1) is 14.3. The lowest BCUT2D eigenvalue weighted by atomic mass is 10.2. The van der Waals surface area contributed by atoms with Gasteiger partial charge in [-0.05, 0) is 24.6 Å². The first-order valence-electron chi connectivity index (χ1n) is 5.21. The van der Waals surface area contributed by atoms with Crippen LogP contribution in [-0.2, 0) is 19.6 Å². The molecule has 0 fully saturated rings. The van der Waals surface area contributed by atoms with Gasteiger partial charge in [0.15, 0.2) is 0 Å². The number of phenolic OH excluding ortho intramolecular Hbond substituents is 1. The maximum absolute atomic E-state index is 11.6. The fraction of sp³-hybridized carbons (Fsp3) is 0.364. The van der Waals surface area contributed by atoms with Gasteiger partial charge in [0.25, 0.3) is 0 Å². The van der Waals surface area contributed by atoms with Crippen molar-refractivity contribution in [2.75, 3.05) is 17.6 Å². The molecule has 0 atom stereocenters. The highest BCUT2D eigenvalue weighted by molar-refractivity contribution is 7.92. The number of anilines is 1. The van der Waals surface area contributed by atoms with Crippen molar-refractivity contribution in [2.45, 2.75) is 13.3 Å². The van der Waals surface area contributed by atoms with Gasteiger partial charge >= 0.3 is 5.97 Å². The summed E-state index contributed by atoms with van der Waals surface area (Å²) < 4.78 is 29.8. The van der Waals surface area contributed by atoms with E-state index in [0.717, 1.165) is 5.56 Å². The van der Waals surface area contributed by atoms with Crippen molar-refractivity contribution >= 4 is 21.7 Å². The Bertz CT molecular complexity index is 538. The molecule has 0 radical (unpaired) electrons. The van der Waals surface area contributed by atoms with Crippen LogP contribution in [0.1, 0.15) is 12.0 Å². The Morgan fingerprint density at radius 2 is 2.11 bits per heavy atom. The number of sulfonamides is 1. The Hall–Kier alpha value is -1.76. The molecule has 0 aliphatic rings. The number of aromatic hydroxyl groups is 1. The lowest BCUT2D eigenvalue weighted by molar-refractivity contribution is -0.140. The summed E-state index contributed by atoms with van der Waals surface area (Å²) in [4.78, 5) is 10.9. The molecule has 0 unspecified atom stereocenters. The van der Waals surface area contributed by atoms with Gasteiger partial charge in [0.1, 0.15) is 5.75 Å². The first-order valence-corrected chi connectivity index (χ1v) is 6.86. The van der Waals surface area contributed by atoms with Crippen LogP contribution in [-0.4, -0.2) is 32.4 Å². The minimum absolute atomic E-state index is 0.0884. The van der Waals surface area contributed by atoms with Crippen LogP contribution in [0, 0.1) is 6.92 Å². The average molecular weight is 273 g/mol. The van der Waals surface area contributed by atoms with Crippen molar-refractivity contribution in [1.82, 2.24) is 0 Å². The summed E-state index contributed by atoms with van der Waals surface area (Å²) in [6, 6.07) is 4.57. The van der Waals surface area contributed by atoms with E-state index in [2.05, 4.69) is 9.46 Å². The van der Waals surface area contributed by atoms with E-state index in [1.165, 1.54) is 19.2 Å². The van der Waals surface area contributed by atoms with Gasteiger partial charge in [0, 0.05) is 0 Å². The lowest BCUT2D eigenvalue weighted by Crippen LogP contribution is -2.19. The maximum Gasteiger partial charge on any atom is 0.306 e. The quantitative estimate of drug-likeness (QED) is 0.617. The minimum Gasteiger partial charge on any atom is -0.506 e. The second-order valence-corrected chi connectivity index (χ2v) is 5.61. The number of hydrogen-bond acceptors (Lipinski definition) is 5. The molecule has 0 aliphatic heterocycles. The number of phenols is 1. The molecule has 0 saturated heterocycles. The molecule has 18 heavy (non-hydrogen) atoms. The van der Waals surface area contributed by atoms with Gasteiger partial charge in [-0.25, -0.2) is 8.42 Å². The van der Waals surface area contributed by atoms with E-state index in [-0.39, 0.29) is 17.9 Å². The van der Waals surface area contributed by atoms with Gasteiger partial charge in [-0.2, -0.15) is 0 Å². The number of rotatable bonds is 5. The zero-order chi connectivity index (χ0) is 13.8. The molecule has 0 spiro atoms. The van der Waals surface area contributed by atoms with Gasteiger partial charge in [-0.3, -0.25) is 9.52 Å². The maximum atomic E-state index is 11.6. The number of ether oxygens (including phenoxy) is 1. The number of carbonyl (C=O) groups is 1. The predicted molar refractivity (Wildman–Crippen MR) is 66.9 cm³/mol. The normalized spacial score (nSPS) is 11.0. The van der Waals surface area contributed by atoms with E-state index in [1.54, 1.807) is 13.0 Å². The molecule has 0 aliphatic carbocycles. The van der Waals surface area contributed by atoms with Gasteiger partial charge < -0.3 is 9.84 Å². The number of methoxy groups -OCH3 is 1. The number of esters is 1. The largest absolute Gasteiger partial charge is 0.506 e. The average Bonchev–Trinajstić information content (AvgIpc) is 2.30. The number of aryl methyl sites for hydroxylation is 1. The molecule has 0 bridgehead atoms. The van der Waals surface area contributed by atoms with Crippen LogP contribution >= 0.6 is 0 Å². The SMILES string of the molecule is COC(=O)CCS(=O)(=O)Nc1ccc(C)cc1O. The molecule has 100 valence electrons. The Kier molecular flexibility index (Phi) is 4.55. The van der Waals surface area contributed by atoms with Gasteiger partial charge in [-0.15, -0.1) is 0 Å². The summed E-state index contributed by atoms with van der Waals surface area (Å²) in [6.07, 6.45) is -0.238. The second-order valence-electron chi connectivity index (χ2n) is 3.77. The third kappa shape index (κ3) is 4.25.